The van der Waals surface area contributed by atoms with Gasteiger partial charge in [0, 0.05) is 24.0 Å². The van der Waals surface area contributed by atoms with Crippen molar-refractivity contribution < 1.29 is 9.59 Å². The lowest BCUT2D eigenvalue weighted by molar-refractivity contribution is -0.116. The van der Waals surface area contributed by atoms with Crippen molar-refractivity contribution in [3.05, 3.63) is 45.4 Å². The van der Waals surface area contributed by atoms with E-state index in [9.17, 15) is 9.59 Å². The smallest absolute Gasteiger partial charge is 0.271 e. The molecule has 2 aromatic rings. The van der Waals surface area contributed by atoms with Crippen molar-refractivity contribution in [1.82, 2.24) is 10.3 Å². The molecule has 1 aromatic heterocycles. The monoisotopic (exact) mass is 330 g/mol. The number of benzene rings is 1. The van der Waals surface area contributed by atoms with E-state index in [0.717, 1.165) is 28.2 Å². The molecule has 0 aliphatic carbocycles. The zero-order valence-electron chi connectivity index (χ0n) is 12.8. The lowest BCUT2D eigenvalue weighted by Gasteiger charge is -2.20. The number of nitrogens with zero attached hydrogens (tertiary/aromatic N) is 1. The number of anilines is 1. The van der Waals surface area contributed by atoms with Crippen LogP contribution in [0.1, 0.15) is 46.0 Å². The molecular formula is C16H18N4O2S. The number of hydrogen-bond acceptors (Lipinski definition) is 5. The molecule has 0 saturated carbocycles. The van der Waals surface area contributed by atoms with Crippen LogP contribution in [0.25, 0.3) is 0 Å². The summed E-state index contributed by atoms with van der Waals surface area (Å²) in [7, 11) is 0. The molecule has 4 N–H and O–H groups in total. The standard InChI is InChI=1S/C16H18N4O2S/c1-9(18-16(22)13-8-23-15(7-17)20-13)10-2-4-12-11(6-10)3-5-14(21)19-12/h2,4,6,8-9H,3,5,7,17H2,1H3,(H,18,22)(H,19,21). The van der Waals surface area contributed by atoms with Gasteiger partial charge in [-0.2, -0.15) is 0 Å². The second kappa shape index (κ2) is 6.47. The van der Waals surface area contributed by atoms with Crippen LogP contribution in [0.4, 0.5) is 5.69 Å². The van der Waals surface area contributed by atoms with Crippen LogP contribution in [0.2, 0.25) is 0 Å². The Bertz CT molecular complexity index is 756. The number of nitrogens with one attached hydrogen (secondary N) is 2. The number of carbonyl (C=O) groups excluding carboxylic acids is 2. The third-order valence-electron chi connectivity index (χ3n) is 3.83. The van der Waals surface area contributed by atoms with Gasteiger partial charge in [-0.1, -0.05) is 12.1 Å². The van der Waals surface area contributed by atoms with Crippen molar-refractivity contribution >= 4 is 28.8 Å². The lowest BCUT2D eigenvalue weighted by Crippen LogP contribution is -2.27. The van der Waals surface area contributed by atoms with Gasteiger partial charge in [0.2, 0.25) is 5.91 Å². The molecule has 0 saturated heterocycles. The molecular weight excluding hydrogens is 312 g/mol. The number of rotatable bonds is 4. The van der Waals surface area contributed by atoms with Gasteiger partial charge in [-0.05, 0) is 30.5 Å². The fourth-order valence-electron chi connectivity index (χ4n) is 2.54. The Morgan fingerprint density at radius 3 is 3.04 bits per heavy atom. The Morgan fingerprint density at radius 2 is 2.30 bits per heavy atom. The first-order valence-electron chi connectivity index (χ1n) is 7.45. The van der Waals surface area contributed by atoms with Crippen LogP contribution in [0, 0.1) is 0 Å². The molecule has 6 nitrogen and oxygen atoms in total. The lowest BCUT2D eigenvalue weighted by atomic mass is 9.98. The molecule has 2 amide bonds. The molecule has 1 atom stereocenters. The highest BCUT2D eigenvalue weighted by Crippen LogP contribution is 2.26. The molecule has 2 heterocycles. The van der Waals surface area contributed by atoms with E-state index in [4.69, 9.17) is 5.73 Å². The fraction of sp³-hybridized carbons (Fsp3) is 0.312. The average molecular weight is 330 g/mol. The van der Waals surface area contributed by atoms with Gasteiger partial charge in [-0.25, -0.2) is 4.98 Å². The molecule has 0 fully saturated rings. The van der Waals surface area contributed by atoms with E-state index in [1.54, 1.807) is 5.38 Å². The predicted molar refractivity (Wildman–Crippen MR) is 89.3 cm³/mol. The van der Waals surface area contributed by atoms with Crippen molar-refractivity contribution in [2.24, 2.45) is 5.73 Å². The number of aryl methyl sites for hydroxylation is 1. The summed E-state index contributed by atoms with van der Waals surface area (Å²) in [4.78, 5) is 27.8. The van der Waals surface area contributed by atoms with E-state index in [1.165, 1.54) is 11.3 Å². The topological polar surface area (TPSA) is 97.1 Å². The van der Waals surface area contributed by atoms with Gasteiger partial charge < -0.3 is 16.4 Å². The minimum absolute atomic E-state index is 0.0471. The van der Waals surface area contributed by atoms with E-state index in [0.29, 0.717) is 18.7 Å². The quantitative estimate of drug-likeness (QED) is 0.798. The summed E-state index contributed by atoms with van der Waals surface area (Å²) in [6, 6.07) is 5.70. The Morgan fingerprint density at radius 1 is 1.48 bits per heavy atom. The maximum absolute atomic E-state index is 12.2. The largest absolute Gasteiger partial charge is 0.344 e. The molecule has 0 spiro atoms. The highest BCUT2D eigenvalue weighted by atomic mass is 32.1. The van der Waals surface area contributed by atoms with Crippen LogP contribution in [-0.2, 0) is 17.8 Å². The number of amides is 2. The van der Waals surface area contributed by atoms with Crippen molar-refractivity contribution in [3.8, 4) is 0 Å². The molecule has 120 valence electrons. The third-order valence-corrected chi connectivity index (χ3v) is 4.70. The Labute approximate surface area is 138 Å². The number of aromatic nitrogens is 1. The van der Waals surface area contributed by atoms with Crippen LogP contribution >= 0.6 is 11.3 Å². The summed E-state index contributed by atoms with van der Waals surface area (Å²) in [5.74, 6) is -0.162. The molecule has 1 aliphatic rings. The Hall–Kier alpha value is -2.25. The summed E-state index contributed by atoms with van der Waals surface area (Å²) < 4.78 is 0. The van der Waals surface area contributed by atoms with Crippen LogP contribution in [0.15, 0.2) is 23.6 Å². The van der Waals surface area contributed by atoms with Crippen molar-refractivity contribution in [1.29, 1.82) is 0 Å². The molecule has 23 heavy (non-hydrogen) atoms. The molecule has 0 bridgehead atoms. The maximum Gasteiger partial charge on any atom is 0.271 e. The van der Waals surface area contributed by atoms with Gasteiger partial charge in [0.1, 0.15) is 10.7 Å². The minimum Gasteiger partial charge on any atom is -0.344 e. The zero-order chi connectivity index (χ0) is 16.4. The maximum atomic E-state index is 12.2. The zero-order valence-corrected chi connectivity index (χ0v) is 13.6. The number of carbonyl (C=O) groups is 2. The molecule has 7 heteroatoms. The molecule has 1 aromatic carbocycles. The van der Waals surface area contributed by atoms with E-state index in [1.807, 2.05) is 25.1 Å². The van der Waals surface area contributed by atoms with E-state index >= 15 is 0 Å². The summed E-state index contributed by atoms with van der Waals surface area (Å²) in [6.45, 7) is 2.27. The van der Waals surface area contributed by atoms with E-state index < -0.39 is 0 Å². The summed E-state index contributed by atoms with van der Waals surface area (Å²) in [5.41, 5.74) is 8.87. The summed E-state index contributed by atoms with van der Waals surface area (Å²) in [5, 5.41) is 8.26. The number of fused-ring (bicyclic) bond motifs is 1. The van der Waals surface area contributed by atoms with Gasteiger partial charge in [-0.15, -0.1) is 11.3 Å². The van der Waals surface area contributed by atoms with Gasteiger partial charge in [0.05, 0.1) is 6.04 Å². The molecule has 1 unspecified atom stereocenters. The van der Waals surface area contributed by atoms with Crippen molar-refractivity contribution in [2.45, 2.75) is 32.4 Å². The second-order valence-electron chi connectivity index (χ2n) is 5.49. The van der Waals surface area contributed by atoms with Gasteiger partial charge >= 0.3 is 0 Å². The second-order valence-corrected chi connectivity index (χ2v) is 6.43. The van der Waals surface area contributed by atoms with Crippen LogP contribution in [0.5, 0.6) is 0 Å². The molecule has 3 rings (SSSR count). The van der Waals surface area contributed by atoms with Crippen LogP contribution in [0.3, 0.4) is 0 Å². The molecule has 0 radical (unpaired) electrons. The van der Waals surface area contributed by atoms with Crippen LogP contribution in [-0.4, -0.2) is 16.8 Å². The normalized spacial score (nSPS) is 14.8. The highest BCUT2D eigenvalue weighted by molar-refractivity contribution is 7.09. The van der Waals surface area contributed by atoms with Gasteiger partial charge in [0.25, 0.3) is 5.91 Å². The average Bonchev–Trinajstić information content (AvgIpc) is 3.03. The molecule has 1 aliphatic heterocycles. The first kappa shape index (κ1) is 15.6. The Kier molecular flexibility index (Phi) is 4.40. The van der Waals surface area contributed by atoms with Gasteiger partial charge in [0.15, 0.2) is 0 Å². The van der Waals surface area contributed by atoms with Crippen molar-refractivity contribution in [2.75, 3.05) is 5.32 Å². The first-order chi connectivity index (χ1) is 11.1. The predicted octanol–water partition coefficient (Wildman–Crippen LogP) is 1.98. The minimum atomic E-state index is -0.209. The highest BCUT2D eigenvalue weighted by Gasteiger charge is 2.18. The van der Waals surface area contributed by atoms with E-state index in [-0.39, 0.29) is 17.9 Å². The first-order valence-corrected chi connectivity index (χ1v) is 8.33. The SMILES string of the molecule is CC(NC(=O)c1csc(CN)n1)c1ccc2c(c1)CCC(=O)N2. The summed E-state index contributed by atoms with van der Waals surface area (Å²) in [6.07, 6.45) is 1.22. The Balaban J connectivity index is 1.71. The van der Waals surface area contributed by atoms with Crippen LogP contribution < -0.4 is 16.4 Å². The van der Waals surface area contributed by atoms with E-state index in [2.05, 4.69) is 15.6 Å². The van der Waals surface area contributed by atoms with Crippen molar-refractivity contribution in [3.63, 3.8) is 0 Å². The van der Waals surface area contributed by atoms with Gasteiger partial charge in [-0.3, -0.25) is 9.59 Å². The number of nitrogens with two attached hydrogens (primary N) is 1. The number of thiazole rings is 1. The number of hydrogen-bond donors (Lipinski definition) is 3. The fourth-order valence-corrected chi connectivity index (χ4v) is 3.19. The third kappa shape index (κ3) is 3.40. The summed E-state index contributed by atoms with van der Waals surface area (Å²) >= 11 is 1.38.